The third kappa shape index (κ3) is 5.55. The monoisotopic (exact) mass is 432 g/mol. The van der Waals surface area contributed by atoms with E-state index in [4.69, 9.17) is 18.7 Å². The summed E-state index contributed by atoms with van der Waals surface area (Å²) in [6, 6.07) is 14.5. The van der Waals surface area contributed by atoms with Crippen LogP contribution in [0, 0.1) is 0 Å². The number of carbonyl (C=O) groups excluding carboxylic acids is 1. The molecule has 27 heavy (non-hydrogen) atoms. The normalized spacial score (nSPS) is 10.4. The molecule has 8 heteroatoms. The summed E-state index contributed by atoms with van der Waals surface area (Å²) in [5, 5.41) is 3.88. The minimum atomic E-state index is -0.536. The molecular formula is C19H17BrN2O5. The maximum atomic E-state index is 11.8. The highest BCUT2D eigenvalue weighted by atomic mass is 79.9. The van der Waals surface area contributed by atoms with Crippen molar-refractivity contribution >= 4 is 21.9 Å². The molecule has 0 fully saturated rings. The predicted molar refractivity (Wildman–Crippen MR) is 100 cm³/mol. The Labute approximate surface area is 164 Å². The fraction of sp³-hybridized carbons (Fsp3) is 0.211. The summed E-state index contributed by atoms with van der Waals surface area (Å²) in [5.41, 5.74) is 0.796. The first-order chi connectivity index (χ1) is 13.1. The Hall–Kier alpha value is -2.87. The van der Waals surface area contributed by atoms with Crippen molar-refractivity contribution < 1.29 is 23.5 Å². The minimum Gasteiger partial charge on any atom is -0.494 e. The fourth-order valence-corrected chi connectivity index (χ4v) is 2.58. The lowest BCUT2D eigenvalue weighted by Gasteiger charge is -2.07. The van der Waals surface area contributed by atoms with Gasteiger partial charge in [-0.1, -0.05) is 33.2 Å². The van der Waals surface area contributed by atoms with Crippen LogP contribution in [0.25, 0.3) is 11.4 Å². The lowest BCUT2D eigenvalue weighted by Crippen LogP contribution is -2.14. The highest BCUT2D eigenvalue weighted by molar-refractivity contribution is 9.10. The Morgan fingerprint density at radius 3 is 2.56 bits per heavy atom. The van der Waals surface area contributed by atoms with Crippen LogP contribution in [0.1, 0.15) is 12.8 Å². The maximum absolute atomic E-state index is 11.8. The zero-order valence-corrected chi connectivity index (χ0v) is 16.1. The molecule has 0 unspecified atom stereocenters. The summed E-state index contributed by atoms with van der Waals surface area (Å²) < 4.78 is 21.8. The molecule has 2 aromatic carbocycles. The van der Waals surface area contributed by atoms with Gasteiger partial charge in [-0.3, -0.25) is 0 Å². The van der Waals surface area contributed by atoms with Gasteiger partial charge < -0.3 is 18.7 Å². The molecule has 3 aromatic rings. The molecule has 0 aliphatic carbocycles. The average Bonchev–Trinajstić information content (AvgIpc) is 3.15. The Morgan fingerprint density at radius 2 is 1.85 bits per heavy atom. The number of carbonyl (C=O) groups is 1. The number of esters is 1. The average molecular weight is 433 g/mol. The molecule has 0 amide bonds. The van der Waals surface area contributed by atoms with Crippen LogP contribution in [-0.2, 0) is 16.1 Å². The van der Waals surface area contributed by atoms with Gasteiger partial charge in [0.2, 0.25) is 5.82 Å². The lowest BCUT2D eigenvalue weighted by molar-refractivity contribution is -0.148. The number of ether oxygens (including phenoxy) is 3. The molecule has 0 aliphatic heterocycles. The molecular weight excluding hydrogens is 416 g/mol. The molecule has 7 nitrogen and oxygen atoms in total. The maximum Gasteiger partial charge on any atom is 0.344 e. The minimum absolute atomic E-state index is 0.119. The molecule has 0 bridgehead atoms. The first kappa shape index (κ1) is 18.9. The zero-order chi connectivity index (χ0) is 19.1. The van der Waals surface area contributed by atoms with Gasteiger partial charge in [-0.25, -0.2) is 4.79 Å². The third-order valence-corrected chi connectivity index (χ3v) is 3.89. The first-order valence-electron chi connectivity index (χ1n) is 8.24. The molecule has 0 aliphatic rings. The summed E-state index contributed by atoms with van der Waals surface area (Å²) in [7, 11) is 0. The highest BCUT2D eigenvalue weighted by Crippen LogP contribution is 2.20. The molecule has 1 heterocycles. The van der Waals surface area contributed by atoms with Gasteiger partial charge in [-0.05, 0) is 43.3 Å². The van der Waals surface area contributed by atoms with Gasteiger partial charge in [0.25, 0.3) is 5.89 Å². The first-order valence-corrected chi connectivity index (χ1v) is 9.03. The van der Waals surface area contributed by atoms with Gasteiger partial charge in [-0.15, -0.1) is 0 Å². The van der Waals surface area contributed by atoms with Crippen molar-refractivity contribution in [2.45, 2.75) is 13.5 Å². The van der Waals surface area contributed by atoms with Crippen LogP contribution >= 0.6 is 15.9 Å². The predicted octanol–water partition coefficient (Wildman–Crippen LogP) is 4.02. The lowest BCUT2D eigenvalue weighted by atomic mass is 10.2. The van der Waals surface area contributed by atoms with E-state index in [1.54, 1.807) is 24.3 Å². The highest BCUT2D eigenvalue weighted by Gasteiger charge is 2.12. The summed E-state index contributed by atoms with van der Waals surface area (Å²) in [4.78, 5) is 16.0. The Balaban J connectivity index is 1.46. The van der Waals surface area contributed by atoms with Crippen molar-refractivity contribution in [2.24, 2.45) is 0 Å². The standard InChI is InChI=1S/C19H17BrN2O5/c1-2-24-15-6-8-16(9-7-15)25-12-18(23)26-11-17-21-19(22-27-17)13-4-3-5-14(20)10-13/h3-10H,2,11-12H2,1H3. The third-order valence-electron chi connectivity index (χ3n) is 3.40. The smallest absolute Gasteiger partial charge is 0.344 e. The molecule has 3 rings (SSSR count). The Bertz CT molecular complexity index is 895. The number of benzene rings is 2. The number of nitrogens with zero attached hydrogens (tertiary/aromatic N) is 2. The molecule has 140 valence electrons. The van der Waals surface area contributed by atoms with Gasteiger partial charge in [0.05, 0.1) is 6.61 Å². The van der Waals surface area contributed by atoms with E-state index in [-0.39, 0.29) is 19.1 Å². The van der Waals surface area contributed by atoms with E-state index >= 15 is 0 Å². The van der Waals surface area contributed by atoms with Crippen molar-refractivity contribution in [3.05, 3.63) is 58.9 Å². The van der Waals surface area contributed by atoms with E-state index in [1.165, 1.54) is 0 Å². The van der Waals surface area contributed by atoms with Crippen molar-refractivity contribution in [3.63, 3.8) is 0 Å². The SMILES string of the molecule is CCOc1ccc(OCC(=O)OCc2nc(-c3cccc(Br)c3)no2)cc1. The van der Waals surface area contributed by atoms with Crippen LogP contribution in [0.5, 0.6) is 11.5 Å². The van der Waals surface area contributed by atoms with E-state index in [0.717, 1.165) is 15.8 Å². The zero-order valence-electron chi connectivity index (χ0n) is 14.6. The molecule has 0 atom stereocenters. The molecule has 0 saturated carbocycles. The molecule has 1 aromatic heterocycles. The molecule has 0 radical (unpaired) electrons. The number of rotatable bonds is 8. The van der Waals surface area contributed by atoms with Crippen molar-refractivity contribution in [2.75, 3.05) is 13.2 Å². The second-order valence-electron chi connectivity index (χ2n) is 5.38. The van der Waals surface area contributed by atoms with Gasteiger partial charge in [0, 0.05) is 10.0 Å². The number of hydrogen-bond donors (Lipinski definition) is 0. The molecule has 0 saturated heterocycles. The summed E-state index contributed by atoms with van der Waals surface area (Å²) in [5.74, 6) is 1.38. The van der Waals surface area contributed by atoms with Gasteiger partial charge in [0.15, 0.2) is 13.2 Å². The molecule has 0 N–H and O–H groups in total. The van der Waals surface area contributed by atoms with Crippen LogP contribution in [0.15, 0.2) is 57.5 Å². The second-order valence-corrected chi connectivity index (χ2v) is 6.29. The van der Waals surface area contributed by atoms with Crippen LogP contribution in [0.2, 0.25) is 0 Å². The van der Waals surface area contributed by atoms with Crippen LogP contribution in [0.4, 0.5) is 0 Å². The van der Waals surface area contributed by atoms with E-state index in [1.807, 2.05) is 31.2 Å². The van der Waals surface area contributed by atoms with E-state index < -0.39 is 5.97 Å². The number of aromatic nitrogens is 2. The fourth-order valence-electron chi connectivity index (χ4n) is 2.18. The second kappa shape index (κ2) is 9.18. The summed E-state index contributed by atoms with van der Waals surface area (Å²) in [6.07, 6.45) is 0. The van der Waals surface area contributed by atoms with E-state index in [9.17, 15) is 4.79 Å². The van der Waals surface area contributed by atoms with Crippen molar-refractivity contribution in [3.8, 4) is 22.9 Å². The largest absolute Gasteiger partial charge is 0.494 e. The Kier molecular flexibility index (Phi) is 6.43. The van der Waals surface area contributed by atoms with Crippen molar-refractivity contribution in [1.29, 1.82) is 0 Å². The summed E-state index contributed by atoms with van der Waals surface area (Å²) >= 11 is 3.39. The summed E-state index contributed by atoms with van der Waals surface area (Å²) in [6.45, 7) is 2.16. The number of hydrogen-bond acceptors (Lipinski definition) is 7. The Morgan fingerprint density at radius 1 is 1.11 bits per heavy atom. The number of halogens is 1. The van der Waals surface area contributed by atoms with Gasteiger partial charge >= 0.3 is 5.97 Å². The molecule has 0 spiro atoms. The van der Waals surface area contributed by atoms with E-state index in [2.05, 4.69) is 26.1 Å². The quantitative estimate of drug-likeness (QED) is 0.496. The van der Waals surface area contributed by atoms with E-state index in [0.29, 0.717) is 18.2 Å². The van der Waals surface area contributed by atoms with Crippen LogP contribution in [-0.4, -0.2) is 29.3 Å². The topological polar surface area (TPSA) is 83.7 Å². The van der Waals surface area contributed by atoms with Gasteiger partial charge in [-0.2, -0.15) is 4.98 Å². The van der Waals surface area contributed by atoms with Crippen LogP contribution < -0.4 is 9.47 Å². The van der Waals surface area contributed by atoms with Crippen molar-refractivity contribution in [1.82, 2.24) is 10.1 Å². The van der Waals surface area contributed by atoms with Gasteiger partial charge in [0.1, 0.15) is 11.5 Å². The van der Waals surface area contributed by atoms with Crippen LogP contribution in [0.3, 0.4) is 0 Å².